The molecule has 0 unspecified atom stereocenters. The Labute approximate surface area is 109 Å². The molecule has 6 nitrogen and oxygen atoms in total. The molecule has 0 aromatic carbocycles. The first-order valence-corrected chi connectivity index (χ1v) is 6.42. The number of ether oxygens (including phenoxy) is 1. The SMILES string of the molecule is CCCNc1nc(OC)nc(N(CC)C(C)C)n1. The number of methoxy groups -OCH3 is 1. The molecule has 0 saturated heterocycles. The topological polar surface area (TPSA) is 63.2 Å². The first kappa shape index (κ1) is 14.5. The van der Waals surface area contributed by atoms with Crippen molar-refractivity contribution in [2.75, 3.05) is 30.4 Å². The van der Waals surface area contributed by atoms with E-state index in [1.54, 1.807) is 7.11 Å². The average molecular weight is 253 g/mol. The summed E-state index contributed by atoms with van der Waals surface area (Å²) in [5.41, 5.74) is 0. The number of hydrogen-bond donors (Lipinski definition) is 1. The number of hydrogen-bond acceptors (Lipinski definition) is 6. The molecule has 1 aromatic rings. The van der Waals surface area contributed by atoms with Gasteiger partial charge in [0.15, 0.2) is 0 Å². The van der Waals surface area contributed by atoms with E-state index in [2.05, 4.69) is 52.9 Å². The Morgan fingerprint density at radius 1 is 1.22 bits per heavy atom. The zero-order chi connectivity index (χ0) is 13.5. The summed E-state index contributed by atoms with van der Waals surface area (Å²) in [5, 5.41) is 3.16. The van der Waals surface area contributed by atoms with Crippen molar-refractivity contribution in [1.82, 2.24) is 15.0 Å². The third-order valence-electron chi connectivity index (χ3n) is 2.54. The highest BCUT2D eigenvalue weighted by molar-refractivity contribution is 5.38. The second-order valence-corrected chi connectivity index (χ2v) is 4.25. The van der Waals surface area contributed by atoms with E-state index >= 15 is 0 Å². The maximum absolute atomic E-state index is 5.12. The monoisotopic (exact) mass is 253 g/mol. The summed E-state index contributed by atoms with van der Waals surface area (Å²) < 4.78 is 5.12. The molecule has 0 aliphatic rings. The third-order valence-corrected chi connectivity index (χ3v) is 2.54. The van der Waals surface area contributed by atoms with Crippen LogP contribution in [0.2, 0.25) is 0 Å². The minimum atomic E-state index is 0.334. The second kappa shape index (κ2) is 6.98. The van der Waals surface area contributed by atoms with Crippen LogP contribution in [-0.4, -0.2) is 41.2 Å². The van der Waals surface area contributed by atoms with Crippen LogP contribution in [0.4, 0.5) is 11.9 Å². The normalized spacial score (nSPS) is 10.6. The smallest absolute Gasteiger partial charge is 0.322 e. The molecule has 0 spiro atoms. The van der Waals surface area contributed by atoms with Crippen LogP contribution in [0.1, 0.15) is 34.1 Å². The number of rotatable bonds is 7. The minimum absolute atomic E-state index is 0.334. The van der Waals surface area contributed by atoms with Crippen LogP contribution in [0.25, 0.3) is 0 Å². The van der Waals surface area contributed by atoms with E-state index < -0.39 is 0 Å². The van der Waals surface area contributed by atoms with Crippen LogP contribution in [0.3, 0.4) is 0 Å². The molecule has 1 heterocycles. The highest BCUT2D eigenvalue weighted by Gasteiger charge is 2.14. The summed E-state index contributed by atoms with van der Waals surface area (Å²) in [7, 11) is 1.56. The molecule has 0 saturated carbocycles. The average Bonchev–Trinajstić information content (AvgIpc) is 2.36. The van der Waals surface area contributed by atoms with Gasteiger partial charge >= 0.3 is 6.01 Å². The van der Waals surface area contributed by atoms with E-state index in [1.165, 1.54) is 0 Å². The van der Waals surface area contributed by atoms with Crippen LogP contribution in [0.5, 0.6) is 6.01 Å². The van der Waals surface area contributed by atoms with E-state index in [4.69, 9.17) is 4.74 Å². The summed E-state index contributed by atoms with van der Waals surface area (Å²) in [6, 6.07) is 0.679. The first-order chi connectivity index (χ1) is 8.62. The van der Waals surface area contributed by atoms with Crippen LogP contribution in [-0.2, 0) is 0 Å². The number of nitrogens with one attached hydrogen (secondary N) is 1. The summed E-state index contributed by atoms with van der Waals surface area (Å²) >= 11 is 0. The zero-order valence-electron chi connectivity index (χ0n) is 11.9. The quantitative estimate of drug-likeness (QED) is 0.801. The molecule has 18 heavy (non-hydrogen) atoms. The lowest BCUT2D eigenvalue weighted by molar-refractivity contribution is 0.378. The Balaban J connectivity index is 3.02. The fourth-order valence-corrected chi connectivity index (χ4v) is 1.62. The van der Waals surface area contributed by atoms with Gasteiger partial charge in [-0.05, 0) is 27.2 Å². The lowest BCUT2D eigenvalue weighted by Crippen LogP contribution is -2.32. The van der Waals surface area contributed by atoms with Gasteiger partial charge in [-0.1, -0.05) is 6.92 Å². The van der Waals surface area contributed by atoms with E-state index in [0.29, 0.717) is 23.9 Å². The zero-order valence-corrected chi connectivity index (χ0v) is 11.9. The van der Waals surface area contributed by atoms with Gasteiger partial charge in [0.25, 0.3) is 0 Å². The summed E-state index contributed by atoms with van der Waals surface area (Å²) in [6.07, 6.45) is 1.02. The van der Waals surface area contributed by atoms with E-state index in [-0.39, 0.29) is 0 Å². The Hall–Kier alpha value is -1.59. The molecule has 0 aliphatic heterocycles. The highest BCUT2D eigenvalue weighted by Crippen LogP contribution is 2.16. The third kappa shape index (κ3) is 3.72. The van der Waals surface area contributed by atoms with Gasteiger partial charge in [-0.2, -0.15) is 15.0 Å². The summed E-state index contributed by atoms with van der Waals surface area (Å²) in [4.78, 5) is 15.0. The molecular formula is C12H23N5O. The second-order valence-electron chi connectivity index (χ2n) is 4.25. The predicted octanol–water partition coefficient (Wildman–Crippen LogP) is 1.94. The van der Waals surface area contributed by atoms with E-state index in [0.717, 1.165) is 19.5 Å². The summed E-state index contributed by atoms with van der Waals surface area (Å²) in [5.74, 6) is 1.22. The fourth-order valence-electron chi connectivity index (χ4n) is 1.62. The van der Waals surface area contributed by atoms with Crippen molar-refractivity contribution in [3.8, 4) is 6.01 Å². The molecule has 0 fully saturated rings. The van der Waals surface area contributed by atoms with Gasteiger partial charge in [0, 0.05) is 19.1 Å². The molecule has 0 aliphatic carbocycles. The van der Waals surface area contributed by atoms with Crippen molar-refractivity contribution in [2.45, 2.75) is 40.2 Å². The predicted molar refractivity (Wildman–Crippen MR) is 73.3 cm³/mol. The van der Waals surface area contributed by atoms with Gasteiger partial charge in [-0.25, -0.2) is 0 Å². The van der Waals surface area contributed by atoms with Crippen LogP contribution in [0.15, 0.2) is 0 Å². The van der Waals surface area contributed by atoms with Gasteiger partial charge in [-0.15, -0.1) is 0 Å². The lowest BCUT2D eigenvalue weighted by atomic mass is 10.3. The largest absolute Gasteiger partial charge is 0.467 e. The standard InChI is InChI=1S/C12H23N5O/c1-6-8-13-10-14-11(16-12(15-10)18-5)17(7-2)9(3)4/h9H,6-8H2,1-5H3,(H,13,14,15,16). The molecule has 0 atom stereocenters. The molecule has 0 bridgehead atoms. The fraction of sp³-hybridized carbons (Fsp3) is 0.750. The Morgan fingerprint density at radius 2 is 1.94 bits per heavy atom. The Kier molecular flexibility index (Phi) is 5.61. The van der Waals surface area contributed by atoms with Gasteiger partial charge in [-0.3, -0.25) is 0 Å². The summed E-state index contributed by atoms with van der Waals surface area (Å²) in [6.45, 7) is 10.1. The van der Waals surface area contributed by atoms with Crippen molar-refractivity contribution in [3.05, 3.63) is 0 Å². The van der Waals surface area contributed by atoms with Gasteiger partial charge in [0.2, 0.25) is 11.9 Å². The maximum Gasteiger partial charge on any atom is 0.322 e. The molecule has 1 aromatic heterocycles. The molecule has 1 rings (SSSR count). The minimum Gasteiger partial charge on any atom is -0.467 e. The molecule has 0 amide bonds. The number of aromatic nitrogens is 3. The first-order valence-electron chi connectivity index (χ1n) is 6.42. The van der Waals surface area contributed by atoms with Crippen molar-refractivity contribution in [2.24, 2.45) is 0 Å². The van der Waals surface area contributed by atoms with Crippen molar-refractivity contribution >= 4 is 11.9 Å². The van der Waals surface area contributed by atoms with Crippen molar-refractivity contribution in [1.29, 1.82) is 0 Å². The Morgan fingerprint density at radius 3 is 2.44 bits per heavy atom. The Bertz CT molecular complexity index is 369. The van der Waals surface area contributed by atoms with Crippen molar-refractivity contribution < 1.29 is 4.74 Å². The van der Waals surface area contributed by atoms with Crippen LogP contribution < -0.4 is 15.0 Å². The van der Waals surface area contributed by atoms with Crippen LogP contribution >= 0.6 is 0 Å². The van der Waals surface area contributed by atoms with Crippen molar-refractivity contribution in [3.63, 3.8) is 0 Å². The van der Waals surface area contributed by atoms with Crippen LogP contribution in [0, 0.1) is 0 Å². The van der Waals surface area contributed by atoms with Gasteiger partial charge in [0.1, 0.15) is 0 Å². The lowest BCUT2D eigenvalue weighted by Gasteiger charge is -2.25. The molecule has 102 valence electrons. The number of anilines is 2. The molecular weight excluding hydrogens is 230 g/mol. The number of nitrogens with zero attached hydrogens (tertiary/aromatic N) is 4. The van der Waals surface area contributed by atoms with Gasteiger partial charge < -0.3 is 15.0 Å². The maximum atomic E-state index is 5.12. The molecule has 1 N–H and O–H groups in total. The van der Waals surface area contributed by atoms with Gasteiger partial charge in [0.05, 0.1) is 7.11 Å². The van der Waals surface area contributed by atoms with E-state index in [1.807, 2.05) is 0 Å². The van der Waals surface area contributed by atoms with E-state index in [9.17, 15) is 0 Å². The molecule has 6 heteroatoms. The highest BCUT2D eigenvalue weighted by atomic mass is 16.5. The molecule has 0 radical (unpaired) electrons.